The fourth-order valence-electron chi connectivity index (χ4n) is 2.87. The van der Waals surface area contributed by atoms with Crippen molar-refractivity contribution < 1.29 is 0 Å². The van der Waals surface area contributed by atoms with Crippen molar-refractivity contribution in [2.75, 3.05) is 13.1 Å². The zero-order valence-corrected chi connectivity index (χ0v) is 14.2. The van der Waals surface area contributed by atoms with E-state index in [-0.39, 0.29) is 17.6 Å². The molecule has 1 aromatic rings. The van der Waals surface area contributed by atoms with E-state index in [0.717, 1.165) is 18.8 Å². The van der Waals surface area contributed by atoms with Gasteiger partial charge in [-0.1, -0.05) is 25.4 Å². The SMILES string of the molecule is CCN(CC)C(C)(C)C(NN)c1c(Cl)cnn1C(C)C. The first kappa shape index (κ1) is 17.4. The summed E-state index contributed by atoms with van der Waals surface area (Å²) < 4.78 is 1.94. The first-order valence-electron chi connectivity index (χ1n) is 7.25. The topological polar surface area (TPSA) is 59.1 Å². The van der Waals surface area contributed by atoms with Gasteiger partial charge in [-0.3, -0.25) is 15.4 Å². The van der Waals surface area contributed by atoms with E-state index >= 15 is 0 Å². The van der Waals surface area contributed by atoms with Crippen molar-refractivity contribution in [1.29, 1.82) is 0 Å². The zero-order chi connectivity index (χ0) is 15.5. The van der Waals surface area contributed by atoms with Gasteiger partial charge < -0.3 is 0 Å². The molecule has 0 amide bonds. The molecule has 6 heteroatoms. The molecule has 0 aliphatic heterocycles. The monoisotopic (exact) mass is 301 g/mol. The van der Waals surface area contributed by atoms with Gasteiger partial charge in [0.1, 0.15) is 0 Å². The molecule has 0 bridgehead atoms. The molecular formula is C14H28ClN5. The molecule has 0 aliphatic rings. The smallest absolute Gasteiger partial charge is 0.0835 e. The van der Waals surface area contributed by atoms with E-state index in [9.17, 15) is 0 Å². The number of rotatable bonds is 7. The van der Waals surface area contributed by atoms with E-state index < -0.39 is 0 Å². The summed E-state index contributed by atoms with van der Waals surface area (Å²) in [5.74, 6) is 5.86. The third kappa shape index (κ3) is 3.17. The van der Waals surface area contributed by atoms with Crippen LogP contribution in [0, 0.1) is 0 Å². The summed E-state index contributed by atoms with van der Waals surface area (Å²) in [5.41, 5.74) is 3.72. The molecule has 0 aliphatic carbocycles. The minimum absolute atomic E-state index is 0.0974. The molecule has 0 spiro atoms. The summed E-state index contributed by atoms with van der Waals surface area (Å²) in [5, 5.41) is 5.03. The molecule has 1 aromatic heterocycles. The summed E-state index contributed by atoms with van der Waals surface area (Å²) in [6, 6.07) is 0.139. The van der Waals surface area contributed by atoms with Gasteiger partial charge in [-0.05, 0) is 40.8 Å². The van der Waals surface area contributed by atoms with Crippen molar-refractivity contribution in [3.8, 4) is 0 Å². The lowest BCUT2D eigenvalue weighted by Crippen LogP contribution is -2.54. The van der Waals surface area contributed by atoms with E-state index in [1.807, 2.05) is 4.68 Å². The Kier molecular flexibility index (Phi) is 6.01. The van der Waals surface area contributed by atoms with Gasteiger partial charge >= 0.3 is 0 Å². The lowest BCUT2D eigenvalue weighted by molar-refractivity contribution is 0.0870. The van der Waals surface area contributed by atoms with Crippen molar-refractivity contribution in [2.45, 2.75) is 59.2 Å². The fraction of sp³-hybridized carbons (Fsp3) is 0.786. The number of hydrogen-bond acceptors (Lipinski definition) is 4. The van der Waals surface area contributed by atoms with Gasteiger partial charge in [0, 0.05) is 11.6 Å². The number of aromatic nitrogens is 2. The van der Waals surface area contributed by atoms with Crippen LogP contribution in [-0.4, -0.2) is 33.3 Å². The van der Waals surface area contributed by atoms with E-state index in [4.69, 9.17) is 17.4 Å². The Morgan fingerprint density at radius 1 is 1.40 bits per heavy atom. The lowest BCUT2D eigenvalue weighted by Gasteiger charge is -2.43. The Bertz CT molecular complexity index is 423. The molecule has 0 radical (unpaired) electrons. The van der Waals surface area contributed by atoms with E-state index in [1.54, 1.807) is 6.20 Å². The molecule has 20 heavy (non-hydrogen) atoms. The molecule has 116 valence electrons. The molecule has 5 nitrogen and oxygen atoms in total. The van der Waals surface area contributed by atoms with Crippen LogP contribution in [0.2, 0.25) is 5.02 Å². The Morgan fingerprint density at radius 2 is 1.95 bits per heavy atom. The van der Waals surface area contributed by atoms with E-state index in [1.165, 1.54) is 0 Å². The molecule has 1 heterocycles. The molecule has 3 N–H and O–H groups in total. The number of nitrogens with zero attached hydrogens (tertiary/aromatic N) is 3. The van der Waals surface area contributed by atoms with Gasteiger partial charge in [0.25, 0.3) is 0 Å². The molecule has 0 aromatic carbocycles. The normalized spacial score (nSPS) is 14.3. The Labute approximate surface area is 127 Å². The third-order valence-electron chi connectivity index (χ3n) is 4.00. The highest BCUT2D eigenvalue weighted by Gasteiger charge is 2.38. The number of nitrogens with one attached hydrogen (secondary N) is 1. The predicted molar refractivity (Wildman–Crippen MR) is 84.7 cm³/mol. The van der Waals surface area contributed by atoms with Crippen LogP contribution >= 0.6 is 11.6 Å². The zero-order valence-electron chi connectivity index (χ0n) is 13.4. The maximum absolute atomic E-state index is 6.36. The second-order valence-electron chi connectivity index (χ2n) is 5.84. The standard InChI is InChI=1S/C14H28ClN5/c1-7-19(8-2)14(5,6)13(18-16)12-11(15)9-17-20(12)10(3)4/h9-10,13,18H,7-8,16H2,1-6H3. The van der Waals surface area contributed by atoms with Gasteiger partial charge in [-0.15, -0.1) is 0 Å². The average Bonchev–Trinajstić information content (AvgIpc) is 2.73. The Hall–Kier alpha value is -0.620. The molecule has 1 unspecified atom stereocenters. The van der Waals surface area contributed by atoms with Crippen LogP contribution in [-0.2, 0) is 0 Å². The maximum atomic E-state index is 6.36. The van der Waals surface area contributed by atoms with Gasteiger partial charge in [0.2, 0.25) is 0 Å². The highest BCUT2D eigenvalue weighted by atomic mass is 35.5. The first-order valence-corrected chi connectivity index (χ1v) is 7.63. The van der Waals surface area contributed by atoms with Crippen LogP contribution in [0.5, 0.6) is 0 Å². The van der Waals surface area contributed by atoms with E-state index in [0.29, 0.717) is 5.02 Å². The summed E-state index contributed by atoms with van der Waals surface area (Å²) in [4.78, 5) is 2.37. The van der Waals surface area contributed by atoms with Crippen LogP contribution in [0.1, 0.15) is 59.3 Å². The maximum Gasteiger partial charge on any atom is 0.0835 e. The minimum Gasteiger partial charge on any atom is -0.297 e. The molecule has 1 atom stereocenters. The van der Waals surface area contributed by atoms with Gasteiger partial charge in [-0.2, -0.15) is 5.10 Å². The van der Waals surface area contributed by atoms with Crippen molar-refractivity contribution in [3.05, 3.63) is 16.9 Å². The van der Waals surface area contributed by atoms with Crippen molar-refractivity contribution in [1.82, 2.24) is 20.1 Å². The minimum atomic E-state index is -0.172. The number of nitrogens with two attached hydrogens (primary N) is 1. The summed E-state index contributed by atoms with van der Waals surface area (Å²) in [6.07, 6.45) is 1.69. The van der Waals surface area contributed by atoms with Crippen molar-refractivity contribution in [3.63, 3.8) is 0 Å². The lowest BCUT2D eigenvalue weighted by atomic mass is 9.89. The van der Waals surface area contributed by atoms with Gasteiger partial charge in [0.05, 0.1) is 23.0 Å². The molecular weight excluding hydrogens is 274 g/mol. The Balaban J connectivity index is 3.29. The number of halogens is 1. The quantitative estimate of drug-likeness (QED) is 0.600. The Morgan fingerprint density at radius 3 is 2.35 bits per heavy atom. The second-order valence-corrected chi connectivity index (χ2v) is 6.25. The van der Waals surface area contributed by atoms with E-state index in [2.05, 4.69) is 57.0 Å². The highest BCUT2D eigenvalue weighted by molar-refractivity contribution is 6.31. The number of likely N-dealkylation sites (N-methyl/N-ethyl adjacent to an activating group) is 1. The van der Waals surface area contributed by atoms with Crippen molar-refractivity contribution >= 4 is 11.6 Å². The fourth-order valence-corrected chi connectivity index (χ4v) is 3.11. The molecule has 0 saturated carbocycles. The number of hydrazine groups is 1. The summed E-state index contributed by atoms with van der Waals surface area (Å²) in [7, 11) is 0. The average molecular weight is 302 g/mol. The molecule has 0 fully saturated rings. The van der Waals surface area contributed by atoms with Gasteiger partial charge in [0.15, 0.2) is 0 Å². The second kappa shape index (κ2) is 6.89. The van der Waals surface area contributed by atoms with Crippen LogP contribution in [0.4, 0.5) is 0 Å². The first-order chi connectivity index (χ1) is 9.31. The van der Waals surface area contributed by atoms with Crippen molar-refractivity contribution in [2.24, 2.45) is 5.84 Å². The third-order valence-corrected chi connectivity index (χ3v) is 4.29. The van der Waals surface area contributed by atoms with Crippen LogP contribution in [0.15, 0.2) is 6.20 Å². The highest BCUT2D eigenvalue weighted by Crippen LogP contribution is 2.35. The largest absolute Gasteiger partial charge is 0.297 e. The summed E-state index contributed by atoms with van der Waals surface area (Å²) >= 11 is 6.36. The van der Waals surface area contributed by atoms with Crippen LogP contribution in [0.3, 0.4) is 0 Å². The molecule has 0 saturated heterocycles. The predicted octanol–water partition coefficient (Wildman–Crippen LogP) is 2.74. The van der Waals surface area contributed by atoms with Crippen LogP contribution in [0.25, 0.3) is 0 Å². The summed E-state index contributed by atoms with van der Waals surface area (Å²) in [6.45, 7) is 14.7. The van der Waals surface area contributed by atoms with Gasteiger partial charge in [-0.25, -0.2) is 5.43 Å². The number of hydrogen-bond donors (Lipinski definition) is 2. The van der Waals surface area contributed by atoms with Crippen LogP contribution < -0.4 is 11.3 Å². The molecule has 1 rings (SSSR count).